The molecule has 0 unspecified atom stereocenters. The fourth-order valence-corrected chi connectivity index (χ4v) is 3.98. The molecule has 1 N–H and O–H groups in total. The van der Waals surface area contributed by atoms with Crippen LogP contribution in [0.25, 0.3) is 11.3 Å². The second-order valence-corrected chi connectivity index (χ2v) is 8.08. The first-order valence-electron chi connectivity index (χ1n) is 9.90. The molecule has 4 rings (SSSR count). The van der Waals surface area contributed by atoms with Crippen LogP contribution < -0.4 is 14.8 Å². The third-order valence-electron chi connectivity index (χ3n) is 4.69. The maximum Gasteiger partial charge on any atom is 0.237 e. The van der Waals surface area contributed by atoms with E-state index in [1.54, 1.807) is 6.07 Å². The third kappa shape index (κ3) is 4.30. The number of nitrogens with zero attached hydrogens (tertiary/aromatic N) is 3. The molecule has 2 aromatic heterocycles. The molecule has 9 heteroatoms. The smallest absolute Gasteiger partial charge is 0.237 e. The van der Waals surface area contributed by atoms with Crippen molar-refractivity contribution in [1.29, 1.82) is 0 Å². The highest BCUT2D eigenvalue weighted by Gasteiger charge is 2.17. The number of benzene rings is 1. The summed E-state index contributed by atoms with van der Waals surface area (Å²) in [4.78, 5) is 16.8. The molecule has 1 aromatic carbocycles. The Hall–Kier alpha value is -2.94. The molecule has 0 bridgehead atoms. The van der Waals surface area contributed by atoms with Crippen molar-refractivity contribution in [2.45, 2.75) is 38.4 Å². The number of fused-ring (bicyclic) bond motifs is 1. The number of hydrogen-bond donors (Lipinski definition) is 1. The molecule has 1 aliphatic heterocycles. The molecule has 1 aliphatic rings. The molecule has 0 spiro atoms. The predicted octanol–water partition coefficient (Wildman–Crippen LogP) is 4.18. The molecule has 3 aromatic rings. The van der Waals surface area contributed by atoms with E-state index in [4.69, 9.17) is 14.0 Å². The Morgan fingerprint density at radius 3 is 2.77 bits per heavy atom. The molecule has 0 atom stereocenters. The van der Waals surface area contributed by atoms with Gasteiger partial charge < -0.3 is 18.6 Å². The van der Waals surface area contributed by atoms with Crippen LogP contribution in [0.4, 0.5) is 5.88 Å². The zero-order chi connectivity index (χ0) is 21.1. The van der Waals surface area contributed by atoms with Crippen molar-refractivity contribution < 1.29 is 18.8 Å². The number of rotatable bonds is 7. The monoisotopic (exact) mass is 428 g/mol. The van der Waals surface area contributed by atoms with E-state index in [9.17, 15) is 4.79 Å². The fourth-order valence-electron chi connectivity index (χ4n) is 3.14. The van der Waals surface area contributed by atoms with Crippen LogP contribution in [0.5, 0.6) is 11.5 Å². The van der Waals surface area contributed by atoms with Crippen molar-refractivity contribution in [1.82, 2.24) is 14.7 Å². The van der Waals surface area contributed by atoms with Crippen molar-refractivity contribution >= 4 is 23.6 Å². The van der Waals surface area contributed by atoms with Crippen molar-refractivity contribution in [3.05, 3.63) is 36.2 Å². The van der Waals surface area contributed by atoms with E-state index in [1.807, 2.05) is 38.2 Å². The second kappa shape index (κ2) is 8.83. The van der Waals surface area contributed by atoms with Gasteiger partial charge in [-0.25, -0.2) is 4.98 Å². The number of carbonyl (C=O) groups is 1. The van der Waals surface area contributed by atoms with E-state index in [-0.39, 0.29) is 17.6 Å². The van der Waals surface area contributed by atoms with Gasteiger partial charge in [0.2, 0.25) is 11.8 Å². The lowest BCUT2D eigenvalue weighted by molar-refractivity contribution is -0.113. The van der Waals surface area contributed by atoms with Crippen LogP contribution in [0, 0.1) is 0 Å². The van der Waals surface area contributed by atoms with Gasteiger partial charge in [0.05, 0.1) is 23.3 Å². The molecule has 0 saturated carbocycles. The van der Waals surface area contributed by atoms with Crippen LogP contribution in [0.3, 0.4) is 0 Å². The van der Waals surface area contributed by atoms with Gasteiger partial charge in [-0.2, -0.15) is 0 Å². The van der Waals surface area contributed by atoms with Crippen LogP contribution in [-0.4, -0.2) is 39.6 Å². The zero-order valence-electron chi connectivity index (χ0n) is 17.2. The Kier molecular flexibility index (Phi) is 5.98. The van der Waals surface area contributed by atoms with Gasteiger partial charge >= 0.3 is 0 Å². The third-order valence-corrected chi connectivity index (χ3v) is 5.68. The summed E-state index contributed by atoms with van der Waals surface area (Å²) < 4.78 is 18.5. The van der Waals surface area contributed by atoms with Crippen LogP contribution in [-0.2, 0) is 11.3 Å². The summed E-state index contributed by atoms with van der Waals surface area (Å²) >= 11 is 1.38. The number of amides is 1. The van der Waals surface area contributed by atoms with Crippen LogP contribution >= 0.6 is 11.8 Å². The molecule has 1 amide bonds. The Balaban J connectivity index is 1.44. The van der Waals surface area contributed by atoms with E-state index < -0.39 is 0 Å². The van der Waals surface area contributed by atoms with E-state index in [0.29, 0.717) is 19.1 Å². The van der Waals surface area contributed by atoms with Crippen LogP contribution in [0.1, 0.15) is 32.4 Å². The van der Waals surface area contributed by atoms with E-state index >= 15 is 0 Å². The molecular formula is C21H24N4O4S. The van der Waals surface area contributed by atoms with Crippen LogP contribution in [0.15, 0.2) is 40.1 Å². The highest BCUT2D eigenvalue weighted by atomic mass is 32.2. The van der Waals surface area contributed by atoms with Gasteiger partial charge in [-0.3, -0.25) is 10.1 Å². The van der Waals surface area contributed by atoms with Gasteiger partial charge in [0.1, 0.15) is 13.2 Å². The zero-order valence-corrected chi connectivity index (χ0v) is 18.0. The molecule has 158 valence electrons. The average Bonchev–Trinajstić information content (AvgIpc) is 3.38. The number of ether oxygens (including phenoxy) is 2. The molecule has 0 radical (unpaired) electrons. The SMILES string of the molecule is CCn1c(-c2ccc3c(c2)OCCO3)cnc1SCC(=O)Nc1cc(C(C)C)no1. The number of carbonyl (C=O) groups excluding carboxylic acids is 1. The molecule has 0 saturated heterocycles. The number of hydrogen-bond acceptors (Lipinski definition) is 7. The molecule has 3 heterocycles. The highest BCUT2D eigenvalue weighted by molar-refractivity contribution is 7.99. The number of thioether (sulfide) groups is 1. The summed E-state index contributed by atoms with van der Waals surface area (Å²) in [6.45, 7) is 7.92. The second-order valence-electron chi connectivity index (χ2n) is 7.14. The van der Waals surface area contributed by atoms with E-state index in [2.05, 4.69) is 26.9 Å². The standard InChI is InChI=1S/C21H24N4O4S/c1-4-25-16(14-5-6-17-18(9-14)28-8-7-27-17)11-22-21(25)30-12-19(26)23-20-10-15(13(2)3)24-29-20/h5-6,9-11,13H,4,7-8,12H2,1-3H3,(H,23,26). The molecule has 30 heavy (non-hydrogen) atoms. The lowest BCUT2D eigenvalue weighted by Crippen LogP contribution is -2.15. The Bertz CT molecular complexity index is 1040. The maximum absolute atomic E-state index is 12.3. The van der Waals surface area contributed by atoms with Crippen molar-refractivity contribution in [2.75, 3.05) is 24.3 Å². The molecule has 0 aliphatic carbocycles. The van der Waals surface area contributed by atoms with E-state index in [1.165, 1.54) is 11.8 Å². The minimum absolute atomic E-state index is 0.169. The quantitative estimate of drug-likeness (QED) is 0.564. The van der Waals surface area contributed by atoms with Crippen molar-refractivity contribution in [3.8, 4) is 22.8 Å². The van der Waals surface area contributed by atoms with Crippen LogP contribution in [0.2, 0.25) is 0 Å². The number of aromatic nitrogens is 3. The maximum atomic E-state index is 12.3. The summed E-state index contributed by atoms with van der Waals surface area (Å²) in [6.07, 6.45) is 1.82. The summed E-state index contributed by atoms with van der Waals surface area (Å²) in [5.41, 5.74) is 2.77. The summed E-state index contributed by atoms with van der Waals surface area (Å²) in [5, 5.41) is 7.47. The Morgan fingerprint density at radius 2 is 2.03 bits per heavy atom. The van der Waals surface area contributed by atoms with Gasteiger partial charge in [0.15, 0.2) is 16.7 Å². The first-order chi connectivity index (χ1) is 14.5. The lowest BCUT2D eigenvalue weighted by Gasteiger charge is -2.19. The van der Waals surface area contributed by atoms with Gasteiger partial charge in [0, 0.05) is 18.2 Å². The molecule has 0 fully saturated rings. The number of anilines is 1. The predicted molar refractivity (Wildman–Crippen MR) is 114 cm³/mol. The summed E-state index contributed by atoms with van der Waals surface area (Å²) in [6, 6.07) is 7.63. The highest BCUT2D eigenvalue weighted by Crippen LogP contribution is 2.35. The van der Waals surface area contributed by atoms with Gasteiger partial charge in [0.25, 0.3) is 0 Å². The first-order valence-corrected chi connectivity index (χ1v) is 10.9. The van der Waals surface area contributed by atoms with E-state index in [0.717, 1.165) is 40.2 Å². The molecule has 8 nitrogen and oxygen atoms in total. The Labute approximate surface area is 178 Å². The van der Waals surface area contributed by atoms with Gasteiger partial charge in [-0.1, -0.05) is 30.8 Å². The number of imidazole rings is 1. The Morgan fingerprint density at radius 1 is 1.23 bits per heavy atom. The fraction of sp³-hybridized carbons (Fsp3) is 0.381. The van der Waals surface area contributed by atoms with Crippen molar-refractivity contribution in [2.24, 2.45) is 0 Å². The largest absolute Gasteiger partial charge is 0.486 e. The summed E-state index contributed by atoms with van der Waals surface area (Å²) in [7, 11) is 0. The topological polar surface area (TPSA) is 91.4 Å². The van der Waals surface area contributed by atoms with Gasteiger partial charge in [-0.15, -0.1) is 0 Å². The average molecular weight is 429 g/mol. The lowest BCUT2D eigenvalue weighted by atomic mass is 10.1. The summed E-state index contributed by atoms with van der Waals surface area (Å²) in [5.74, 6) is 2.15. The normalized spacial score (nSPS) is 12.9. The first kappa shape index (κ1) is 20.3. The minimum Gasteiger partial charge on any atom is -0.486 e. The van der Waals surface area contributed by atoms with Crippen molar-refractivity contribution in [3.63, 3.8) is 0 Å². The number of nitrogens with one attached hydrogen (secondary N) is 1. The minimum atomic E-state index is -0.169. The van der Waals surface area contributed by atoms with Gasteiger partial charge in [-0.05, 0) is 31.0 Å². The molecular weight excluding hydrogens is 404 g/mol.